The summed E-state index contributed by atoms with van der Waals surface area (Å²) in [5.41, 5.74) is -0.484. The normalized spacial score (nSPS) is 22.6. The Morgan fingerprint density at radius 1 is 1.17 bits per heavy atom. The summed E-state index contributed by atoms with van der Waals surface area (Å²) in [6.07, 6.45) is 0.501. The van der Waals surface area contributed by atoms with Crippen LogP contribution in [0.5, 0.6) is 5.75 Å². The Balaban J connectivity index is 1.87. The molecular formula is C29H31ClN4O6S. The van der Waals surface area contributed by atoms with E-state index in [-0.39, 0.29) is 46.8 Å². The van der Waals surface area contributed by atoms with Crippen LogP contribution < -0.4 is 9.04 Å². The number of halogens is 1. The second kappa shape index (κ2) is 10.7. The van der Waals surface area contributed by atoms with E-state index in [9.17, 15) is 18.3 Å². The van der Waals surface area contributed by atoms with Crippen LogP contribution in [0.1, 0.15) is 30.0 Å². The van der Waals surface area contributed by atoms with Crippen molar-refractivity contribution in [3.05, 3.63) is 82.5 Å². The second-order valence-electron chi connectivity index (χ2n) is 10.3. The van der Waals surface area contributed by atoms with Crippen molar-refractivity contribution in [3.8, 4) is 5.75 Å². The van der Waals surface area contributed by atoms with Gasteiger partial charge in [0.05, 0.1) is 24.4 Å². The van der Waals surface area contributed by atoms with Crippen molar-refractivity contribution < 1.29 is 27.9 Å². The summed E-state index contributed by atoms with van der Waals surface area (Å²) in [4.78, 5) is 35.7. The van der Waals surface area contributed by atoms with E-state index in [2.05, 4.69) is 4.98 Å². The van der Waals surface area contributed by atoms with Crippen LogP contribution in [-0.4, -0.2) is 79.5 Å². The van der Waals surface area contributed by atoms with Gasteiger partial charge in [-0.25, -0.2) is 4.98 Å². The Hall–Kier alpha value is -3.51. The molecule has 3 heterocycles. The zero-order valence-corrected chi connectivity index (χ0v) is 24.7. The van der Waals surface area contributed by atoms with E-state index >= 15 is 4.79 Å². The minimum Gasteiger partial charge on any atom is -0.493 e. The number of aliphatic hydroxyl groups is 1. The van der Waals surface area contributed by atoms with Crippen molar-refractivity contribution in [2.24, 2.45) is 0 Å². The number of hydrogen-bond acceptors (Lipinski definition) is 8. The molecule has 1 N–H and O–H groups in total. The van der Waals surface area contributed by atoms with Crippen LogP contribution in [0.2, 0.25) is 5.02 Å². The molecule has 0 spiro atoms. The van der Waals surface area contributed by atoms with Gasteiger partial charge >= 0.3 is 0 Å². The molecule has 5 rings (SSSR count). The number of β-amino-alcohol motifs (C(OH)–C–C–N with tert-alkyl or cyclic N) is 1. The first-order valence-corrected chi connectivity index (χ1v) is 15.0. The fraction of sp³-hybridized carbons (Fsp3) is 0.345. The number of aromatic nitrogens is 1. The topological polar surface area (TPSA) is 120 Å². The number of sulfonamides is 1. The van der Waals surface area contributed by atoms with E-state index in [0.717, 1.165) is 9.87 Å². The molecule has 0 saturated carbocycles. The second-order valence-corrected chi connectivity index (χ2v) is 12.5. The number of rotatable bonds is 7. The summed E-state index contributed by atoms with van der Waals surface area (Å²) in [5.74, 6) is -0.859. The number of hydrogen-bond donors (Lipinski definition) is 1. The first kappa shape index (κ1) is 29.0. The van der Waals surface area contributed by atoms with Gasteiger partial charge in [-0.15, -0.1) is 0 Å². The molecule has 2 amide bonds. The van der Waals surface area contributed by atoms with Crippen molar-refractivity contribution in [3.63, 3.8) is 0 Å². The van der Waals surface area contributed by atoms with Crippen molar-refractivity contribution in [2.75, 3.05) is 31.6 Å². The fourth-order valence-corrected chi connectivity index (χ4v) is 7.30. The average Bonchev–Trinajstić information content (AvgIpc) is 3.44. The number of likely N-dealkylation sites (tertiary alicyclic amines) is 1. The van der Waals surface area contributed by atoms with E-state index in [0.29, 0.717) is 11.3 Å². The number of amides is 2. The molecule has 3 aromatic rings. The third-order valence-corrected chi connectivity index (χ3v) is 9.31. The maximum absolute atomic E-state index is 15.0. The van der Waals surface area contributed by atoms with Crippen molar-refractivity contribution in [1.82, 2.24) is 14.8 Å². The monoisotopic (exact) mass is 598 g/mol. The predicted molar refractivity (Wildman–Crippen MR) is 153 cm³/mol. The largest absolute Gasteiger partial charge is 0.493 e. The lowest BCUT2D eigenvalue weighted by atomic mass is 9.80. The maximum Gasteiger partial charge on any atom is 0.288 e. The molecule has 1 aromatic heterocycles. The number of nitrogens with zero attached hydrogens (tertiary/aromatic N) is 4. The zero-order valence-electron chi connectivity index (χ0n) is 23.1. The van der Waals surface area contributed by atoms with E-state index in [1.165, 1.54) is 35.4 Å². The van der Waals surface area contributed by atoms with E-state index in [4.69, 9.17) is 16.3 Å². The standard InChI is InChI=1S/C29H31ClN4O6S/c1-5-40-25-9-7-6-8-21(25)29(33-17-20(35)15-24(33)27(36)32(3)4)22-14-19(30)11-12-23(22)34(28(29)37)41(38,39)26-13-10-18(2)16-31-26/h6-14,16,20,24,35H,5,15,17H2,1-4H3/t20-,24+,29?/m1/s1. The van der Waals surface area contributed by atoms with Gasteiger partial charge in [0.25, 0.3) is 15.9 Å². The minimum absolute atomic E-state index is 0.0466. The van der Waals surface area contributed by atoms with Crippen LogP contribution >= 0.6 is 11.6 Å². The highest BCUT2D eigenvalue weighted by molar-refractivity contribution is 7.93. The molecule has 0 radical (unpaired) electrons. The summed E-state index contributed by atoms with van der Waals surface area (Å²) in [5, 5.41) is 10.8. The number of para-hydroxylation sites is 1. The van der Waals surface area contributed by atoms with E-state index < -0.39 is 33.6 Å². The third kappa shape index (κ3) is 4.57. The molecule has 216 valence electrons. The lowest BCUT2D eigenvalue weighted by Crippen LogP contribution is -2.59. The van der Waals surface area contributed by atoms with Gasteiger partial charge < -0.3 is 14.7 Å². The molecule has 1 saturated heterocycles. The molecule has 0 aliphatic carbocycles. The average molecular weight is 599 g/mol. The van der Waals surface area contributed by atoms with E-state index in [1.807, 2.05) is 0 Å². The molecule has 2 aliphatic rings. The summed E-state index contributed by atoms with van der Waals surface area (Å²) < 4.78 is 35.0. The first-order chi connectivity index (χ1) is 19.4. The van der Waals surface area contributed by atoms with Crippen LogP contribution in [0.25, 0.3) is 0 Å². The lowest BCUT2D eigenvalue weighted by molar-refractivity contribution is -0.138. The highest BCUT2D eigenvalue weighted by Crippen LogP contribution is 2.54. The molecule has 1 fully saturated rings. The van der Waals surface area contributed by atoms with Crippen LogP contribution in [0.3, 0.4) is 0 Å². The number of likely N-dealkylation sites (N-methyl/N-ethyl adjacent to an activating group) is 1. The minimum atomic E-state index is -4.53. The van der Waals surface area contributed by atoms with Gasteiger partial charge in [0, 0.05) is 43.0 Å². The predicted octanol–water partition coefficient (Wildman–Crippen LogP) is 2.94. The molecule has 41 heavy (non-hydrogen) atoms. The van der Waals surface area contributed by atoms with Crippen LogP contribution in [0, 0.1) is 6.92 Å². The fourth-order valence-electron chi connectivity index (χ4n) is 5.74. The number of benzene rings is 2. The number of aryl methyl sites for hydroxylation is 1. The Morgan fingerprint density at radius 2 is 1.90 bits per heavy atom. The van der Waals surface area contributed by atoms with Gasteiger partial charge in [0.15, 0.2) is 10.6 Å². The molecule has 10 nitrogen and oxygen atoms in total. The summed E-state index contributed by atoms with van der Waals surface area (Å²) in [6.45, 7) is 3.75. The van der Waals surface area contributed by atoms with Gasteiger partial charge in [-0.2, -0.15) is 12.7 Å². The van der Waals surface area contributed by atoms with Gasteiger partial charge in [-0.05, 0) is 56.2 Å². The number of pyridine rings is 1. The smallest absolute Gasteiger partial charge is 0.288 e. The Morgan fingerprint density at radius 3 is 2.56 bits per heavy atom. The highest BCUT2D eigenvalue weighted by Gasteiger charge is 2.64. The molecule has 0 bridgehead atoms. The highest BCUT2D eigenvalue weighted by atomic mass is 35.5. The van der Waals surface area contributed by atoms with Gasteiger partial charge in [0.1, 0.15) is 5.75 Å². The number of anilines is 1. The molecule has 12 heteroatoms. The van der Waals surface area contributed by atoms with Gasteiger partial charge in [-0.3, -0.25) is 14.5 Å². The number of carbonyl (C=O) groups excluding carboxylic acids is 2. The zero-order chi connectivity index (χ0) is 29.7. The van der Waals surface area contributed by atoms with Crippen LogP contribution in [-0.2, 0) is 25.2 Å². The summed E-state index contributed by atoms with van der Waals surface area (Å²) in [6, 6.07) is 13.3. The number of fused-ring (bicyclic) bond motifs is 1. The molecule has 2 aromatic carbocycles. The molecule has 1 unspecified atom stereocenters. The number of aliphatic hydroxyl groups excluding tert-OH is 1. The van der Waals surface area contributed by atoms with Gasteiger partial charge in [-0.1, -0.05) is 35.9 Å². The Labute approximate surface area is 244 Å². The summed E-state index contributed by atoms with van der Waals surface area (Å²) in [7, 11) is -1.35. The quantitative estimate of drug-likeness (QED) is 0.441. The SMILES string of the molecule is CCOc1ccccc1C1(N2C[C@H](O)C[C@H]2C(=O)N(C)C)C(=O)N(S(=O)(=O)c2ccc(C)cn2)c2ccc(Cl)cc21. The Kier molecular flexibility index (Phi) is 7.58. The van der Waals surface area contributed by atoms with Gasteiger partial charge in [0.2, 0.25) is 5.91 Å². The molecular weight excluding hydrogens is 568 g/mol. The molecule has 2 aliphatic heterocycles. The van der Waals surface area contributed by atoms with E-state index in [1.54, 1.807) is 63.2 Å². The lowest BCUT2D eigenvalue weighted by Gasteiger charge is -2.42. The third-order valence-electron chi connectivity index (χ3n) is 7.46. The summed E-state index contributed by atoms with van der Waals surface area (Å²) >= 11 is 6.50. The Bertz CT molecular complexity index is 1610. The maximum atomic E-state index is 15.0. The van der Waals surface area contributed by atoms with Crippen LogP contribution in [0.4, 0.5) is 5.69 Å². The number of ether oxygens (including phenoxy) is 1. The van der Waals surface area contributed by atoms with Crippen LogP contribution in [0.15, 0.2) is 65.8 Å². The number of carbonyl (C=O) groups is 2. The first-order valence-electron chi connectivity index (χ1n) is 13.1. The molecule has 3 atom stereocenters. The van der Waals surface area contributed by atoms with Crippen molar-refractivity contribution >= 4 is 39.1 Å². The van der Waals surface area contributed by atoms with Crippen molar-refractivity contribution in [1.29, 1.82) is 0 Å². The van der Waals surface area contributed by atoms with Crippen molar-refractivity contribution in [2.45, 2.75) is 43.0 Å².